The number of carbonyl (C=O) groups excluding carboxylic acids is 2. The molecular formula is C44H40I2N4O6. The predicted molar refractivity (Wildman–Crippen MR) is 238 cm³/mol. The van der Waals surface area contributed by atoms with E-state index in [2.05, 4.69) is 104 Å². The van der Waals surface area contributed by atoms with Crippen molar-refractivity contribution in [3.05, 3.63) is 103 Å². The molecule has 0 aliphatic carbocycles. The van der Waals surface area contributed by atoms with Gasteiger partial charge in [0, 0.05) is 35.0 Å². The van der Waals surface area contributed by atoms with Gasteiger partial charge in [-0.1, -0.05) is 24.3 Å². The topological polar surface area (TPSA) is 128 Å². The number of aromatic nitrogens is 4. The molecule has 2 aliphatic heterocycles. The summed E-state index contributed by atoms with van der Waals surface area (Å²) in [5.41, 5.74) is 11.0. The van der Waals surface area contributed by atoms with E-state index in [1.165, 1.54) is 0 Å². The van der Waals surface area contributed by atoms with Crippen LogP contribution in [0.5, 0.6) is 11.5 Å². The average molecular weight is 975 g/mol. The molecule has 10 nitrogen and oxygen atoms in total. The molecule has 0 amide bonds. The van der Waals surface area contributed by atoms with Gasteiger partial charge < -0.3 is 28.9 Å². The lowest BCUT2D eigenvalue weighted by Crippen LogP contribution is -2.06. The molecule has 8 bridgehead atoms. The molecule has 0 spiro atoms. The molecule has 5 heterocycles. The standard InChI is InChI=1S/C44H40I2N4O6/c1-3-53-39(51)7-5-25-55-29-13-9-27(10-14-29)41-31-17-21-35(47-31)43(45)37-23-19-33(49-37)42(34-20-24-38(50-34)44(46)36-22-18-32(41)48-36)28-11-15-30(16-12-28)56-26-6-8-40(52)54-4-2/h9-24,47,50H,3-8,25-26H2,1-2H3. The van der Waals surface area contributed by atoms with Crippen molar-refractivity contribution in [2.24, 2.45) is 0 Å². The van der Waals surface area contributed by atoms with Gasteiger partial charge >= 0.3 is 11.9 Å². The van der Waals surface area contributed by atoms with E-state index in [0.29, 0.717) is 52.1 Å². The minimum Gasteiger partial charge on any atom is -0.494 e. The molecule has 0 saturated carbocycles. The van der Waals surface area contributed by atoms with Crippen LogP contribution in [0.2, 0.25) is 0 Å². The number of carbonyl (C=O) groups is 2. The third kappa shape index (κ3) is 9.18. The number of nitrogens with one attached hydrogen (secondary N) is 2. The quantitative estimate of drug-likeness (QED) is 0.0626. The number of nitrogens with zero attached hydrogens (tertiary/aromatic N) is 2. The number of halogens is 2. The Morgan fingerprint density at radius 2 is 0.911 bits per heavy atom. The van der Waals surface area contributed by atoms with Gasteiger partial charge in [-0.05, 0) is 156 Å². The van der Waals surface area contributed by atoms with E-state index >= 15 is 0 Å². The number of aromatic amines is 2. The molecule has 7 rings (SSSR count). The summed E-state index contributed by atoms with van der Waals surface area (Å²) in [4.78, 5) is 41.1. The number of ether oxygens (including phenoxy) is 4. The third-order valence-electron chi connectivity index (χ3n) is 9.11. The van der Waals surface area contributed by atoms with E-state index < -0.39 is 0 Å². The zero-order chi connectivity index (χ0) is 39.0. The first kappa shape index (κ1) is 39.3. The molecule has 0 radical (unpaired) electrons. The summed E-state index contributed by atoms with van der Waals surface area (Å²) in [6, 6.07) is 24.3. The summed E-state index contributed by atoms with van der Waals surface area (Å²) < 4.78 is 23.9. The highest BCUT2D eigenvalue weighted by atomic mass is 127. The zero-order valence-corrected chi connectivity index (χ0v) is 35.3. The Hall–Kier alpha value is -4.96. The summed E-state index contributed by atoms with van der Waals surface area (Å²) in [5, 5.41) is 0. The van der Waals surface area contributed by atoms with Gasteiger partial charge in [-0.15, -0.1) is 0 Å². The SMILES string of the molecule is CCOC(=O)CCCOc1ccc(-c2c3nc(c(I)c4ccc([nH]4)c(-c4ccc(OCCCC(=O)OCC)cc4)c4nc(c(I)c5ccc2[nH]5)C=C4)C=C3)cc1. The molecule has 56 heavy (non-hydrogen) atoms. The minimum atomic E-state index is -0.210. The van der Waals surface area contributed by atoms with Crippen LogP contribution >= 0.6 is 45.2 Å². The first-order valence-corrected chi connectivity index (χ1v) is 20.7. The van der Waals surface area contributed by atoms with E-state index in [0.717, 1.165) is 85.7 Å². The Labute approximate surface area is 352 Å². The molecule has 0 atom stereocenters. The fraction of sp³-hybridized carbons (Fsp3) is 0.227. The van der Waals surface area contributed by atoms with Crippen molar-refractivity contribution in [3.8, 4) is 33.8 Å². The second-order valence-electron chi connectivity index (χ2n) is 12.9. The Bertz CT molecular complexity index is 2300. The summed E-state index contributed by atoms with van der Waals surface area (Å²) in [6.45, 7) is 5.21. The maximum Gasteiger partial charge on any atom is 0.305 e. The molecule has 2 N–H and O–H groups in total. The van der Waals surface area contributed by atoms with Crippen LogP contribution in [0.15, 0.2) is 72.8 Å². The molecule has 0 saturated heterocycles. The van der Waals surface area contributed by atoms with Crippen LogP contribution in [0, 0.1) is 7.14 Å². The summed E-state index contributed by atoms with van der Waals surface area (Å²) in [5.74, 6) is 1.03. The Kier molecular flexibility index (Phi) is 12.9. The van der Waals surface area contributed by atoms with E-state index in [1.807, 2.05) is 48.5 Å². The van der Waals surface area contributed by atoms with E-state index in [-0.39, 0.29) is 11.9 Å². The van der Waals surface area contributed by atoms with Crippen LogP contribution in [-0.4, -0.2) is 58.3 Å². The van der Waals surface area contributed by atoms with E-state index in [1.54, 1.807) is 13.8 Å². The number of esters is 2. The van der Waals surface area contributed by atoms with Crippen molar-refractivity contribution < 1.29 is 28.5 Å². The lowest BCUT2D eigenvalue weighted by atomic mass is 10.0. The molecule has 286 valence electrons. The number of rotatable bonds is 14. The van der Waals surface area contributed by atoms with Crippen molar-refractivity contribution in [1.29, 1.82) is 0 Å². The Morgan fingerprint density at radius 1 is 0.536 bits per heavy atom. The average Bonchev–Trinajstić information content (AvgIpc) is 4.05. The second kappa shape index (κ2) is 18.3. The molecule has 3 aromatic heterocycles. The lowest BCUT2D eigenvalue weighted by Gasteiger charge is -2.08. The van der Waals surface area contributed by atoms with Crippen LogP contribution in [0.3, 0.4) is 0 Å². The van der Waals surface area contributed by atoms with Gasteiger partial charge in [0.05, 0.1) is 67.4 Å². The van der Waals surface area contributed by atoms with Gasteiger partial charge in [0.1, 0.15) is 11.5 Å². The van der Waals surface area contributed by atoms with Crippen LogP contribution in [-0.2, 0) is 19.1 Å². The fourth-order valence-corrected chi connectivity index (χ4v) is 7.69. The molecule has 5 aromatic rings. The first-order valence-electron chi connectivity index (χ1n) is 18.6. The largest absolute Gasteiger partial charge is 0.494 e. The van der Waals surface area contributed by atoms with Gasteiger partial charge in [0.15, 0.2) is 0 Å². The van der Waals surface area contributed by atoms with Crippen LogP contribution in [0.25, 0.3) is 68.6 Å². The Morgan fingerprint density at radius 3 is 1.30 bits per heavy atom. The maximum atomic E-state index is 11.7. The zero-order valence-electron chi connectivity index (χ0n) is 31.0. The van der Waals surface area contributed by atoms with Gasteiger partial charge in [0.25, 0.3) is 0 Å². The molecular weight excluding hydrogens is 934 g/mol. The number of H-pyrrole nitrogens is 2. The smallest absolute Gasteiger partial charge is 0.305 e. The summed E-state index contributed by atoms with van der Waals surface area (Å²) in [6.07, 6.45) is 10.0. The first-order chi connectivity index (χ1) is 27.3. The molecule has 0 unspecified atom stereocenters. The highest BCUT2D eigenvalue weighted by molar-refractivity contribution is 14.1. The molecule has 2 aromatic carbocycles. The van der Waals surface area contributed by atoms with E-state index in [4.69, 9.17) is 28.9 Å². The van der Waals surface area contributed by atoms with Crippen molar-refractivity contribution in [1.82, 2.24) is 19.9 Å². The summed E-state index contributed by atoms with van der Waals surface area (Å²) in [7, 11) is 0. The van der Waals surface area contributed by atoms with Crippen molar-refractivity contribution >= 4 is 103 Å². The molecule has 12 heteroatoms. The number of benzene rings is 2. The number of hydrogen-bond donors (Lipinski definition) is 2. The maximum absolute atomic E-state index is 11.7. The van der Waals surface area contributed by atoms with Crippen molar-refractivity contribution in [2.75, 3.05) is 26.4 Å². The van der Waals surface area contributed by atoms with Crippen molar-refractivity contribution in [2.45, 2.75) is 39.5 Å². The highest BCUT2D eigenvalue weighted by Gasteiger charge is 2.17. The predicted octanol–water partition coefficient (Wildman–Crippen LogP) is 10.6. The lowest BCUT2D eigenvalue weighted by molar-refractivity contribution is -0.144. The van der Waals surface area contributed by atoms with Crippen LogP contribution < -0.4 is 9.47 Å². The monoisotopic (exact) mass is 974 g/mol. The number of fused-ring (bicyclic) bond motifs is 8. The summed E-state index contributed by atoms with van der Waals surface area (Å²) >= 11 is 4.73. The third-order valence-corrected chi connectivity index (χ3v) is 11.4. The van der Waals surface area contributed by atoms with E-state index in [9.17, 15) is 9.59 Å². The van der Waals surface area contributed by atoms with Gasteiger partial charge in [-0.25, -0.2) is 9.97 Å². The van der Waals surface area contributed by atoms with Crippen molar-refractivity contribution in [3.63, 3.8) is 0 Å². The van der Waals surface area contributed by atoms with Gasteiger partial charge in [-0.2, -0.15) is 0 Å². The van der Waals surface area contributed by atoms with Gasteiger partial charge in [-0.3, -0.25) is 9.59 Å². The van der Waals surface area contributed by atoms with Crippen LogP contribution in [0.4, 0.5) is 0 Å². The number of hydrogen-bond acceptors (Lipinski definition) is 8. The fourth-order valence-electron chi connectivity index (χ4n) is 6.46. The Balaban J connectivity index is 1.26. The normalized spacial score (nSPS) is 11.8. The minimum absolute atomic E-state index is 0.210. The second-order valence-corrected chi connectivity index (χ2v) is 15.1. The van der Waals surface area contributed by atoms with Crippen LogP contribution in [0.1, 0.15) is 62.3 Å². The van der Waals surface area contributed by atoms with Gasteiger partial charge in [0.2, 0.25) is 0 Å². The molecule has 0 fully saturated rings. The molecule has 2 aliphatic rings. The highest BCUT2D eigenvalue weighted by Crippen LogP contribution is 2.35.